The van der Waals surface area contributed by atoms with Gasteiger partial charge in [-0.2, -0.15) is 0 Å². The summed E-state index contributed by atoms with van der Waals surface area (Å²) in [5.74, 6) is -1.04. The lowest BCUT2D eigenvalue weighted by molar-refractivity contribution is -0.136. The van der Waals surface area contributed by atoms with Crippen LogP contribution in [0.15, 0.2) is 54.6 Å². The molecule has 25 heavy (non-hydrogen) atoms. The molecule has 0 radical (unpaired) electrons. The lowest BCUT2D eigenvalue weighted by atomic mass is 9.55. The SMILES string of the molecule is C.Cc1ccc(B(OC(=O)C(N)CCC(N)=O)c2ccccc2)cc1. The van der Waals surface area contributed by atoms with E-state index in [0.717, 1.165) is 16.5 Å². The van der Waals surface area contributed by atoms with Gasteiger partial charge in [0.05, 0.1) is 0 Å². The predicted octanol–water partition coefficient (Wildman–Crippen LogP) is 0.873. The summed E-state index contributed by atoms with van der Waals surface area (Å²) in [6.07, 6.45) is 0.223. The topological polar surface area (TPSA) is 95.4 Å². The predicted molar refractivity (Wildman–Crippen MR) is 102 cm³/mol. The van der Waals surface area contributed by atoms with E-state index in [9.17, 15) is 9.59 Å². The van der Waals surface area contributed by atoms with Crippen molar-refractivity contribution in [1.29, 1.82) is 0 Å². The normalized spacial score (nSPS) is 11.1. The Morgan fingerprint density at radius 3 is 2.16 bits per heavy atom. The number of benzene rings is 2. The number of rotatable bonds is 7. The van der Waals surface area contributed by atoms with Gasteiger partial charge in [0.15, 0.2) is 0 Å². The van der Waals surface area contributed by atoms with Crippen molar-refractivity contribution in [3.05, 3.63) is 60.2 Å². The van der Waals surface area contributed by atoms with Crippen LogP contribution in [0, 0.1) is 6.92 Å². The first-order chi connectivity index (χ1) is 11.5. The van der Waals surface area contributed by atoms with Crippen LogP contribution in [0.5, 0.6) is 0 Å². The molecule has 0 saturated heterocycles. The fraction of sp³-hybridized carbons (Fsp3) is 0.263. The minimum absolute atomic E-state index is 0. The molecular weight excluding hydrogens is 315 g/mol. The van der Waals surface area contributed by atoms with Crippen LogP contribution in [0.4, 0.5) is 0 Å². The van der Waals surface area contributed by atoms with Crippen molar-refractivity contribution in [2.75, 3.05) is 0 Å². The average Bonchev–Trinajstić information content (AvgIpc) is 2.59. The molecule has 5 nitrogen and oxygen atoms in total. The Labute approximate surface area is 149 Å². The largest absolute Gasteiger partial charge is 0.525 e. The van der Waals surface area contributed by atoms with Gasteiger partial charge in [-0.3, -0.25) is 9.59 Å². The van der Waals surface area contributed by atoms with Crippen LogP contribution in [0.25, 0.3) is 0 Å². The van der Waals surface area contributed by atoms with Gasteiger partial charge >= 0.3 is 12.9 Å². The Morgan fingerprint density at radius 1 is 1.04 bits per heavy atom. The van der Waals surface area contributed by atoms with E-state index < -0.39 is 24.8 Å². The molecule has 1 amide bonds. The van der Waals surface area contributed by atoms with Crippen LogP contribution in [0.1, 0.15) is 25.8 Å². The summed E-state index contributed by atoms with van der Waals surface area (Å²) in [6, 6.07) is 16.4. The molecule has 4 N–H and O–H groups in total. The molecule has 0 saturated carbocycles. The number of hydrogen-bond acceptors (Lipinski definition) is 4. The molecule has 132 valence electrons. The number of amides is 1. The third kappa shape index (κ3) is 6.08. The van der Waals surface area contributed by atoms with E-state index in [2.05, 4.69) is 0 Å². The molecule has 0 heterocycles. The van der Waals surface area contributed by atoms with E-state index in [1.54, 1.807) is 0 Å². The van der Waals surface area contributed by atoms with Gasteiger partial charge in [0.1, 0.15) is 6.04 Å². The zero-order chi connectivity index (χ0) is 17.5. The van der Waals surface area contributed by atoms with Crippen molar-refractivity contribution in [1.82, 2.24) is 0 Å². The van der Waals surface area contributed by atoms with Crippen LogP contribution in [-0.2, 0) is 14.2 Å². The summed E-state index contributed by atoms with van der Waals surface area (Å²) in [4.78, 5) is 23.1. The minimum Gasteiger partial charge on any atom is -0.525 e. The maximum atomic E-state index is 12.3. The van der Waals surface area contributed by atoms with Crippen LogP contribution in [-0.4, -0.2) is 24.8 Å². The van der Waals surface area contributed by atoms with Gasteiger partial charge in [-0.15, -0.1) is 0 Å². The van der Waals surface area contributed by atoms with Crippen molar-refractivity contribution in [3.8, 4) is 0 Å². The lowest BCUT2D eigenvalue weighted by Crippen LogP contribution is -2.49. The second kappa shape index (κ2) is 9.64. The Morgan fingerprint density at radius 2 is 1.60 bits per heavy atom. The molecule has 0 aliphatic carbocycles. The molecule has 2 rings (SSSR count). The number of carbonyl (C=O) groups is 2. The molecule has 0 aliphatic rings. The van der Waals surface area contributed by atoms with Gasteiger partial charge < -0.3 is 16.1 Å². The Balaban J connectivity index is 0.00000312. The minimum atomic E-state index is -0.880. The monoisotopic (exact) mass is 340 g/mol. The number of aryl methyl sites for hydroxylation is 1. The molecular formula is C19H25BN2O3. The van der Waals surface area contributed by atoms with Gasteiger partial charge in [0.2, 0.25) is 5.91 Å². The molecule has 0 fully saturated rings. The number of nitrogens with two attached hydrogens (primary N) is 2. The second-order valence-corrected chi connectivity index (χ2v) is 5.75. The summed E-state index contributed by atoms with van der Waals surface area (Å²) in [5.41, 5.74) is 13.7. The fourth-order valence-corrected chi connectivity index (χ4v) is 2.32. The quantitative estimate of drug-likeness (QED) is 0.731. The van der Waals surface area contributed by atoms with Gasteiger partial charge in [-0.25, -0.2) is 0 Å². The van der Waals surface area contributed by atoms with E-state index in [-0.39, 0.29) is 20.3 Å². The van der Waals surface area contributed by atoms with Gasteiger partial charge in [-0.1, -0.05) is 67.6 Å². The van der Waals surface area contributed by atoms with Crippen molar-refractivity contribution < 1.29 is 14.2 Å². The summed E-state index contributed by atoms with van der Waals surface area (Å²) < 4.78 is 5.64. The van der Waals surface area contributed by atoms with Crippen molar-refractivity contribution in [2.24, 2.45) is 11.5 Å². The average molecular weight is 340 g/mol. The number of carbonyl (C=O) groups excluding carboxylic acids is 2. The second-order valence-electron chi connectivity index (χ2n) is 5.75. The van der Waals surface area contributed by atoms with E-state index in [1.165, 1.54) is 0 Å². The number of hydrogen-bond donors (Lipinski definition) is 2. The van der Waals surface area contributed by atoms with Gasteiger partial charge in [0.25, 0.3) is 0 Å². The summed E-state index contributed by atoms with van der Waals surface area (Å²) in [5, 5.41) is 0. The molecule has 2 aromatic carbocycles. The summed E-state index contributed by atoms with van der Waals surface area (Å²) in [7, 11) is 0. The molecule has 1 atom stereocenters. The van der Waals surface area contributed by atoms with Crippen molar-refractivity contribution in [3.63, 3.8) is 0 Å². The van der Waals surface area contributed by atoms with Gasteiger partial charge in [-0.05, 0) is 24.3 Å². The third-order valence-corrected chi connectivity index (χ3v) is 3.72. The smallest absolute Gasteiger partial charge is 0.429 e. The highest BCUT2D eigenvalue weighted by Gasteiger charge is 2.28. The van der Waals surface area contributed by atoms with Crippen LogP contribution in [0.3, 0.4) is 0 Å². The number of primary amides is 1. The maximum absolute atomic E-state index is 12.3. The molecule has 1 unspecified atom stereocenters. The van der Waals surface area contributed by atoms with Crippen molar-refractivity contribution >= 4 is 29.7 Å². The molecule has 0 spiro atoms. The molecule has 6 heteroatoms. The molecule has 0 bridgehead atoms. The van der Waals surface area contributed by atoms with E-state index >= 15 is 0 Å². The standard InChI is InChI=1S/C18H21BN2O3.CH4/c1-13-7-9-15(10-8-13)19(14-5-3-2-4-6-14)24-18(23)16(20)11-12-17(21)22;/h2-10,16H,11-12,20H2,1H3,(H2,21,22);1H4. The summed E-state index contributed by atoms with van der Waals surface area (Å²) in [6.45, 7) is 1.45. The lowest BCUT2D eigenvalue weighted by Gasteiger charge is -2.18. The first-order valence-electron chi connectivity index (χ1n) is 7.83. The summed E-state index contributed by atoms with van der Waals surface area (Å²) >= 11 is 0. The maximum Gasteiger partial charge on any atom is 0.429 e. The van der Waals surface area contributed by atoms with Crippen LogP contribution in [0.2, 0.25) is 0 Å². The van der Waals surface area contributed by atoms with E-state index in [1.807, 2.05) is 61.5 Å². The third-order valence-electron chi connectivity index (χ3n) is 3.72. The Hall–Kier alpha value is -2.60. The van der Waals surface area contributed by atoms with Crippen molar-refractivity contribution in [2.45, 2.75) is 33.2 Å². The van der Waals surface area contributed by atoms with E-state index in [4.69, 9.17) is 16.1 Å². The fourth-order valence-electron chi connectivity index (χ4n) is 2.32. The van der Waals surface area contributed by atoms with Crippen LogP contribution < -0.4 is 22.4 Å². The molecule has 0 aromatic heterocycles. The highest BCUT2D eigenvalue weighted by molar-refractivity contribution is 6.81. The Bertz CT molecular complexity index is 690. The highest BCUT2D eigenvalue weighted by Crippen LogP contribution is 2.02. The highest BCUT2D eigenvalue weighted by atomic mass is 16.5. The Kier molecular flexibility index (Phi) is 7.89. The molecule has 2 aromatic rings. The molecule has 0 aliphatic heterocycles. The van der Waals surface area contributed by atoms with Gasteiger partial charge in [0, 0.05) is 6.42 Å². The first-order valence-corrected chi connectivity index (χ1v) is 7.83. The zero-order valence-corrected chi connectivity index (χ0v) is 13.6. The zero-order valence-electron chi connectivity index (χ0n) is 13.6. The van der Waals surface area contributed by atoms with Crippen LogP contribution >= 0.6 is 0 Å². The first kappa shape index (κ1) is 20.4. The van der Waals surface area contributed by atoms with E-state index in [0.29, 0.717) is 0 Å².